The van der Waals surface area contributed by atoms with E-state index < -0.39 is 24.1 Å². The summed E-state index contributed by atoms with van der Waals surface area (Å²) in [5.41, 5.74) is 0.887. The zero-order chi connectivity index (χ0) is 14.5. The van der Waals surface area contributed by atoms with Crippen molar-refractivity contribution in [1.29, 1.82) is 0 Å². The fourth-order valence-corrected chi connectivity index (χ4v) is 2.21. The van der Waals surface area contributed by atoms with E-state index in [0.29, 0.717) is 0 Å². The van der Waals surface area contributed by atoms with Gasteiger partial charge in [0.1, 0.15) is 12.5 Å². The molecule has 1 aromatic carbocycles. The number of benzene rings is 1. The second-order valence-electron chi connectivity index (χ2n) is 4.66. The van der Waals surface area contributed by atoms with Crippen LogP contribution in [0.4, 0.5) is 4.79 Å². The minimum absolute atomic E-state index is 0.113. The number of carboxylic acids is 1. The van der Waals surface area contributed by atoms with Gasteiger partial charge in [-0.1, -0.05) is 30.3 Å². The molecule has 6 nitrogen and oxygen atoms in total. The normalized spacial score (nSPS) is 21.8. The Labute approximate surface area is 116 Å². The van der Waals surface area contributed by atoms with Gasteiger partial charge in [-0.15, -0.1) is 0 Å². The molecule has 1 aliphatic heterocycles. The molecule has 6 heteroatoms. The van der Waals surface area contributed by atoms with E-state index in [2.05, 4.69) is 0 Å². The second kappa shape index (κ2) is 6.38. The van der Waals surface area contributed by atoms with Gasteiger partial charge in [-0.2, -0.15) is 0 Å². The number of amides is 1. The average molecular weight is 279 g/mol. The zero-order valence-corrected chi connectivity index (χ0v) is 11.2. The molecule has 2 rings (SSSR count). The van der Waals surface area contributed by atoms with Crippen molar-refractivity contribution in [3.05, 3.63) is 35.9 Å². The highest BCUT2D eigenvalue weighted by molar-refractivity contribution is 5.75. The van der Waals surface area contributed by atoms with Crippen LogP contribution in [0.25, 0.3) is 0 Å². The van der Waals surface area contributed by atoms with Gasteiger partial charge in [0.2, 0.25) is 0 Å². The van der Waals surface area contributed by atoms with Crippen LogP contribution in [-0.2, 0) is 20.9 Å². The number of carboxylic acid groups (broad SMARTS) is 1. The van der Waals surface area contributed by atoms with Gasteiger partial charge in [-0.25, -0.2) is 4.79 Å². The molecule has 1 aliphatic rings. The third-order valence-corrected chi connectivity index (χ3v) is 3.35. The summed E-state index contributed by atoms with van der Waals surface area (Å²) in [6, 6.07) is 9.32. The SMILES string of the molecule is COC1CN(C(=O)OCc2ccccc2)CC1C(=O)O. The van der Waals surface area contributed by atoms with Crippen LogP contribution < -0.4 is 0 Å². The lowest BCUT2D eigenvalue weighted by molar-refractivity contribution is -0.144. The molecule has 0 saturated carbocycles. The molecule has 1 saturated heterocycles. The largest absolute Gasteiger partial charge is 0.481 e. The Balaban J connectivity index is 1.89. The summed E-state index contributed by atoms with van der Waals surface area (Å²) < 4.78 is 10.3. The maximum absolute atomic E-state index is 11.9. The van der Waals surface area contributed by atoms with Crippen molar-refractivity contribution in [2.24, 2.45) is 5.92 Å². The summed E-state index contributed by atoms with van der Waals surface area (Å²) in [5.74, 6) is -1.67. The molecule has 2 atom stereocenters. The van der Waals surface area contributed by atoms with Crippen molar-refractivity contribution < 1.29 is 24.2 Å². The fraction of sp³-hybridized carbons (Fsp3) is 0.429. The molecule has 1 N–H and O–H groups in total. The molecule has 0 aromatic heterocycles. The second-order valence-corrected chi connectivity index (χ2v) is 4.66. The number of methoxy groups -OCH3 is 1. The molecule has 0 radical (unpaired) electrons. The number of carbonyl (C=O) groups excluding carboxylic acids is 1. The number of hydrogen-bond donors (Lipinski definition) is 1. The van der Waals surface area contributed by atoms with Crippen LogP contribution in [0.15, 0.2) is 30.3 Å². The molecule has 20 heavy (non-hydrogen) atoms. The highest BCUT2D eigenvalue weighted by Crippen LogP contribution is 2.20. The van der Waals surface area contributed by atoms with Crippen LogP contribution in [-0.4, -0.2) is 48.4 Å². The Morgan fingerprint density at radius 1 is 1.30 bits per heavy atom. The monoisotopic (exact) mass is 279 g/mol. The number of rotatable bonds is 4. The molecule has 1 heterocycles. The molecule has 108 valence electrons. The van der Waals surface area contributed by atoms with E-state index in [9.17, 15) is 9.59 Å². The van der Waals surface area contributed by atoms with Crippen LogP contribution in [0.5, 0.6) is 0 Å². The molecule has 1 aromatic rings. The van der Waals surface area contributed by atoms with Crippen LogP contribution >= 0.6 is 0 Å². The lowest BCUT2D eigenvalue weighted by atomic mass is 10.1. The number of nitrogens with zero attached hydrogens (tertiary/aromatic N) is 1. The lowest BCUT2D eigenvalue weighted by Gasteiger charge is -2.15. The van der Waals surface area contributed by atoms with E-state index in [-0.39, 0.29) is 19.7 Å². The summed E-state index contributed by atoms with van der Waals surface area (Å²) >= 11 is 0. The highest BCUT2D eigenvalue weighted by atomic mass is 16.6. The van der Waals surface area contributed by atoms with Gasteiger partial charge in [-0.3, -0.25) is 4.79 Å². The van der Waals surface area contributed by atoms with Crippen LogP contribution in [0.1, 0.15) is 5.56 Å². The van der Waals surface area contributed by atoms with Crippen molar-refractivity contribution in [3.63, 3.8) is 0 Å². The van der Waals surface area contributed by atoms with Gasteiger partial charge in [-0.05, 0) is 5.56 Å². The summed E-state index contributed by atoms with van der Waals surface area (Å²) in [4.78, 5) is 24.3. The molecule has 1 fully saturated rings. The van der Waals surface area contributed by atoms with Crippen molar-refractivity contribution >= 4 is 12.1 Å². The number of carbonyl (C=O) groups is 2. The first kappa shape index (κ1) is 14.3. The van der Waals surface area contributed by atoms with Gasteiger partial charge in [0, 0.05) is 13.7 Å². The van der Waals surface area contributed by atoms with E-state index in [1.807, 2.05) is 30.3 Å². The minimum Gasteiger partial charge on any atom is -0.481 e. The van der Waals surface area contributed by atoms with Gasteiger partial charge in [0.05, 0.1) is 12.6 Å². The molecule has 0 aliphatic carbocycles. The van der Waals surface area contributed by atoms with E-state index >= 15 is 0 Å². The third-order valence-electron chi connectivity index (χ3n) is 3.35. The van der Waals surface area contributed by atoms with Crippen molar-refractivity contribution in [2.45, 2.75) is 12.7 Å². The van der Waals surface area contributed by atoms with Crippen molar-refractivity contribution in [1.82, 2.24) is 4.90 Å². The molecule has 0 bridgehead atoms. The molecule has 1 amide bonds. The smallest absolute Gasteiger partial charge is 0.410 e. The van der Waals surface area contributed by atoms with E-state index in [1.165, 1.54) is 12.0 Å². The van der Waals surface area contributed by atoms with Gasteiger partial charge in [0.25, 0.3) is 0 Å². The van der Waals surface area contributed by atoms with E-state index in [1.54, 1.807) is 0 Å². The van der Waals surface area contributed by atoms with Crippen LogP contribution in [0, 0.1) is 5.92 Å². The Morgan fingerprint density at radius 2 is 2.00 bits per heavy atom. The Morgan fingerprint density at radius 3 is 2.55 bits per heavy atom. The molecule has 2 unspecified atom stereocenters. The summed E-state index contributed by atoms with van der Waals surface area (Å²) in [6.45, 7) is 0.522. The van der Waals surface area contributed by atoms with E-state index in [4.69, 9.17) is 14.6 Å². The predicted octanol–water partition coefficient (Wildman–Crippen LogP) is 1.35. The maximum atomic E-state index is 11.9. The number of ether oxygens (including phenoxy) is 2. The van der Waals surface area contributed by atoms with Crippen LogP contribution in [0.2, 0.25) is 0 Å². The first-order valence-corrected chi connectivity index (χ1v) is 6.33. The predicted molar refractivity (Wildman–Crippen MR) is 70.1 cm³/mol. The van der Waals surface area contributed by atoms with Crippen molar-refractivity contribution in [2.75, 3.05) is 20.2 Å². The first-order valence-electron chi connectivity index (χ1n) is 6.33. The van der Waals surface area contributed by atoms with Gasteiger partial charge < -0.3 is 19.5 Å². The number of hydrogen-bond acceptors (Lipinski definition) is 4. The first-order chi connectivity index (χ1) is 9.61. The summed E-state index contributed by atoms with van der Waals surface area (Å²) in [5, 5.41) is 9.06. The topological polar surface area (TPSA) is 76.1 Å². The van der Waals surface area contributed by atoms with Crippen LogP contribution in [0.3, 0.4) is 0 Å². The summed E-state index contributed by atoms with van der Waals surface area (Å²) in [7, 11) is 1.44. The van der Waals surface area contributed by atoms with E-state index in [0.717, 1.165) is 5.56 Å². The molecular formula is C14H17NO5. The van der Waals surface area contributed by atoms with Gasteiger partial charge in [0.15, 0.2) is 0 Å². The fourth-order valence-electron chi connectivity index (χ4n) is 2.21. The standard InChI is InChI=1S/C14H17NO5/c1-19-12-8-15(7-11(12)13(16)17)14(18)20-9-10-5-3-2-4-6-10/h2-6,11-12H,7-9H2,1H3,(H,16,17). The lowest BCUT2D eigenvalue weighted by Crippen LogP contribution is -2.30. The number of likely N-dealkylation sites (tertiary alicyclic amines) is 1. The maximum Gasteiger partial charge on any atom is 0.410 e. The quantitative estimate of drug-likeness (QED) is 0.900. The molecular weight excluding hydrogens is 262 g/mol. The minimum atomic E-state index is -0.963. The molecule has 0 spiro atoms. The number of aliphatic carboxylic acids is 1. The van der Waals surface area contributed by atoms with Crippen molar-refractivity contribution in [3.8, 4) is 0 Å². The average Bonchev–Trinajstić information content (AvgIpc) is 2.90. The summed E-state index contributed by atoms with van der Waals surface area (Å²) in [6.07, 6.45) is -1.00. The van der Waals surface area contributed by atoms with Gasteiger partial charge >= 0.3 is 12.1 Å². The highest BCUT2D eigenvalue weighted by Gasteiger charge is 2.40. The Hall–Kier alpha value is -2.08. The zero-order valence-electron chi connectivity index (χ0n) is 11.2. The Kier molecular flexibility index (Phi) is 4.57. The third kappa shape index (κ3) is 3.27. The Bertz CT molecular complexity index is 476.